The summed E-state index contributed by atoms with van der Waals surface area (Å²) < 4.78 is 37.5. The van der Waals surface area contributed by atoms with E-state index in [1.807, 2.05) is 0 Å². The number of nitrogens with one attached hydrogen (secondary N) is 1. The van der Waals surface area contributed by atoms with E-state index in [4.69, 9.17) is 17.4 Å². The molecular weight excluding hydrogens is 289 g/mol. The maximum absolute atomic E-state index is 12.5. The van der Waals surface area contributed by atoms with Crippen molar-refractivity contribution < 1.29 is 13.2 Å². The summed E-state index contributed by atoms with van der Waals surface area (Å²) in [7, 11) is 0. The van der Waals surface area contributed by atoms with Crippen LogP contribution < -0.4 is 11.3 Å². The lowest BCUT2D eigenvalue weighted by molar-refractivity contribution is -0.137. The van der Waals surface area contributed by atoms with Gasteiger partial charge in [-0.2, -0.15) is 13.2 Å². The number of halogens is 4. The minimum atomic E-state index is -4.34. The minimum absolute atomic E-state index is 0.394. The quantitative estimate of drug-likeness (QED) is 0.666. The first-order chi connectivity index (χ1) is 9.41. The highest BCUT2D eigenvalue weighted by Gasteiger charge is 2.30. The summed E-state index contributed by atoms with van der Waals surface area (Å²) in [5.41, 5.74) is 3.36. The van der Waals surface area contributed by atoms with Crippen molar-refractivity contribution in [2.24, 2.45) is 5.84 Å². The van der Waals surface area contributed by atoms with Crippen molar-refractivity contribution in [3.05, 3.63) is 70.2 Å². The van der Waals surface area contributed by atoms with Crippen LogP contribution in [0.4, 0.5) is 13.2 Å². The van der Waals surface area contributed by atoms with Crippen molar-refractivity contribution in [1.29, 1.82) is 0 Å². The summed E-state index contributed by atoms with van der Waals surface area (Å²) in [6.07, 6.45) is -4.34. The third-order valence-electron chi connectivity index (χ3n) is 2.94. The highest BCUT2D eigenvalue weighted by Crippen LogP contribution is 2.31. The van der Waals surface area contributed by atoms with E-state index in [0.717, 1.165) is 17.7 Å². The van der Waals surface area contributed by atoms with E-state index in [1.165, 1.54) is 12.1 Å². The van der Waals surface area contributed by atoms with Gasteiger partial charge in [-0.25, -0.2) is 5.43 Å². The third-order valence-corrected chi connectivity index (χ3v) is 3.19. The number of hydrogen-bond acceptors (Lipinski definition) is 2. The SMILES string of the molecule is NNC(c1ccc(Cl)cc1)c1ccc(C(F)(F)F)cc1. The molecule has 0 aliphatic carbocycles. The molecular formula is C14H12ClF3N2. The first-order valence-electron chi connectivity index (χ1n) is 5.80. The third kappa shape index (κ3) is 3.30. The number of hydrogen-bond donors (Lipinski definition) is 2. The molecule has 106 valence electrons. The molecule has 2 aromatic rings. The summed E-state index contributed by atoms with van der Waals surface area (Å²) in [4.78, 5) is 0. The molecule has 20 heavy (non-hydrogen) atoms. The standard InChI is InChI=1S/C14H12ClF3N2/c15-12-7-3-10(4-8-12)13(20-19)9-1-5-11(6-2-9)14(16,17)18/h1-8,13,20H,19H2. The zero-order chi connectivity index (χ0) is 14.8. The molecule has 0 heterocycles. The van der Waals surface area contributed by atoms with Crippen LogP contribution in [0.15, 0.2) is 48.5 Å². The van der Waals surface area contributed by atoms with Crippen molar-refractivity contribution in [3.63, 3.8) is 0 Å². The molecule has 0 aliphatic heterocycles. The Hall–Kier alpha value is -1.56. The van der Waals surface area contributed by atoms with Crippen LogP contribution in [-0.2, 0) is 6.18 Å². The fourth-order valence-electron chi connectivity index (χ4n) is 1.90. The van der Waals surface area contributed by atoms with E-state index in [1.54, 1.807) is 24.3 Å². The Morgan fingerprint density at radius 2 is 1.35 bits per heavy atom. The van der Waals surface area contributed by atoms with Gasteiger partial charge in [-0.1, -0.05) is 35.9 Å². The average molecular weight is 301 g/mol. The van der Waals surface area contributed by atoms with Crippen LogP contribution in [-0.4, -0.2) is 0 Å². The molecule has 2 aromatic carbocycles. The Morgan fingerprint density at radius 3 is 1.75 bits per heavy atom. The predicted octanol–water partition coefficient (Wildman–Crippen LogP) is 3.91. The average Bonchev–Trinajstić information content (AvgIpc) is 2.41. The van der Waals surface area contributed by atoms with E-state index in [-0.39, 0.29) is 0 Å². The molecule has 0 aromatic heterocycles. The number of hydrazine groups is 1. The normalized spacial score (nSPS) is 13.2. The van der Waals surface area contributed by atoms with Crippen molar-refractivity contribution >= 4 is 11.6 Å². The Morgan fingerprint density at radius 1 is 0.900 bits per heavy atom. The Kier molecular flexibility index (Phi) is 4.32. The molecule has 0 fully saturated rings. The second-order valence-corrected chi connectivity index (χ2v) is 4.71. The van der Waals surface area contributed by atoms with Crippen LogP contribution in [0.25, 0.3) is 0 Å². The van der Waals surface area contributed by atoms with Crippen LogP contribution >= 0.6 is 11.6 Å². The summed E-state index contributed by atoms with van der Waals surface area (Å²) in [5, 5.41) is 0.581. The van der Waals surface area contributed by atoms with Gasteiger partial charge in [0.15, 0.2) is 0 Å². The highest BCUT2D eigenvalue weighted by molar-refractivity contribution is 6.30. The molecule has 1 unspecified atom stereocenters. The lowest BCUT2D eigenvalue weighted by Crippen LogP contribution is -2.28. The molecule has 3 N–H and O–H groups in total. The summed E-state index contributed by atoms with van der Waals surface area (Å²) >= 11 is 5.80. The molecule has 0 aliphatic rings. The van der Waals surface area contributed by atoms with Gasteiger partial charge in [0.2, 0.25) is 0 Å². The molecule has 0 bridgehead atoms. The Balaban J connectivity index is 2.30. The van der Waals surface area contributed by atoms with Crippen LogP contribution in [0.2, 0.25) is 5.02 Å². The molecule has 1 atom stereocenters. The maximum atomic E-state index is 12.5. The molecule has 2 rings (SSSR count). The van der Waals surface area contributed by atoms with Gasteiger partial charge in [-0.15, -0.1) is 0 Å². The number of benzene rings is 2. The van der Waals surface area contributed by atoms with Gasteiger partial charge in [0, 0.05) is 5.02 Å². The zero-order valence-electron chi connectivity index (χ0n) is 10.3. The van der Waals surface area contributed by atoms with Gasteiger partial charge >= 0.3 is 6.18 Å². The van der Waals surface area contributed by atoms with E-state index in [2.05, 4.69) is 5.43 Å². The lowest BCUT2D eigenvalue weighted by Gasteiger charge is -2.17. The minimum Gasteiger partial charge on any atom is -0.271 e. The number of alkyl halides is 3. The van der Waals surface area contributed by atoms with Crippen LogP contribution in [0.3, 0.4) is 0 Å². The van der Waals surface area contributed by atoms with Crippen molar-refractivity contribution in [3.8, 4) is 0 Å². The second kappa shape index (κ2) is 5.83. The highest BCUT2D eigenvalue weighted by atomic mass is 35.5. The van der Waals surface area contributed by atoms with Crippen molar-refractivity contribution in [1.82, 2.24) is 5.43 Å². The van der Waals surface area contributed by atoms with E-state index >= 15 is 0 Å². The molecule has 0 saturated heterocycles. The van der Waals surface area contributed by atoms with E-state index in [9.17, 15) is 13.2 Å². The molecule has 2 nitrogen and oxygen atoms in total. The van der Waals surface area contributed by atoms with Gasteiger partial charge in [0.05, 0.1) is 11.6 Å². The molecule has 0 amide bonds. The topological polar surface area (TPSA) is 38.0 Å². The first-order valence-corrected chi connectivity index (χ1v) is 6.18. The fraction of sp³-hybridized carbons (Fsp3) is 0.143. The smallest absolute Gasteiger partial charge is 0.271 e. The molecule has 0 radical (unpaired) electrons. The number of nitrogens with two attached hydrogens (primary N) is 1. The van der Waals surface area contributed by atoms with Crippen molar-refractivity contribution in [2.75, 3.05) is 0 Å². The van der Waals surface area contributed by atoms with Gasteiger partial charge in [0.25, 0.3) is 0 Å². The monoisotopic (exact) mass is 300 g/mol. The molecule has 0 spiro atoms. The molecule has 6 heteroatoms. The van der Waals surface area contributed by atoms with Gasteiger partial charge in [-0.05, 0) is 35.4 Å². The van der Waals surface area contributed by atoms with Crippen LogP contribution in [0.5, 0.6) is 0 Å². The predicted molar refractivity (Wildman–Crippen MR) is 72.1 cm³/mol. The maximum Gasteiger partial charge on any atom is 0.416 e. The largest absolute Gasteiger partial charge is 0.416 e. The summed E-state index contributed by atoms with van der Waals surface area (Å²) in [6.45, 7) is 0. The van der Waals surface area contributed by atoms with E-state index in [0.29, 0.717) is 10.6 Å². The second-order valence-electron chi connectivity index (χ2n) is 4.27. The molecule has 0 saturated carbocycles. The fourth-order valence-corrected chi connectivity index (χ4v) is 2.03. The lowest BCUT2D eigenvalue weighted by atomic mass is 9.98. The number of rotatable bonds is 3. The van der Waals surface area contributed by atoms with Crippen molar-refractivity contribution in [2.45, 2.75) is 12.2 Å². The Bertz CT molecular complexity index is 564. The summed E-state index contributed by atoms with van der Waals surface area (Å²) in [5.74, 6) is 5.49. The van der Waals surface area contributed by atoms with E-state index < -0.39 is 17.8 Å². The van der Waals surface area contributed by atoms with Gasteiger partial charge < -0.3 is 0 Å². The van der Waals surface area contributed by atoms with Gasteiger partial charge in [0.1, 0.15) is 0 Å². The van der Waals surface area contributed by atoms with Gasteiger partial charge in [-0.3, -0.25) is 5.84 Å². The Labute approximate surface area is 119 Å². The zero-order valence-corrected chi connectivity index (χ0v) is 11.0. The van der Waals surface area contributed by atoms with Crippen LogP contribution in [0.1, 0.15) is 22.7 Å². The summed E-state index contributed by atoms with van der Waals surface area (Å²) in [6, 6.07) is 11.4. The van der Waals surface area contributed by atoms with Crippen LogP contribution in [0, 0.1) is 0 Å². The first kappa shape index (κ1) is 14.8.